The summed E-state index contributed by atoms with van der Waals surface area (Å²) >= 11 is 0. The highest BCUT2D eigenvalue weighted by atomic mass is 16.5. The van der Waals surface area contributed by atoms with E-state index in [2.05, 4.69) is 27.4 Å². The second-order valence-corrected chi connectivity index (χ2v) is 4.87. The number of carbonyl (C=O) groups excluding carboxylic acids is 1. The van der Waals surface area contributed by atoms with Gasteiger partial charge in [0.1, 0.15) is 11.4 Å². The first kappa shape index (κ1) is 15.0. The van der Waals surface area contributed by atoms with Crippen LogP contribution in [0.4, 0.5) is 0 Å². The van der Waals surface area contributed by atoms with Crippen molar-refractivity contribution < 1.29 is 9.53 Å². The predicted molar refractivity (Wildman–Crippen MR) is 80.5 cm³/mol. The van der Waals surface area contributed by atoms with Gasteiger partial charge < -0.3 is 10.1 Å². The highest BCUT2D eigenvalue weighted by Crippen LogP contribution is 2.25. The predicted octanol–water partition coefficient (Wildman–Crippen LogP) is 2.07. The Morgan fingerprint density at radius 3 is 2.76 bits per heavy atom. The van der Waals surface area contributed by atoms with E-state index in [0.29, 0.717) is 18.7 Å². The minimum absolute atomic E-state index is 0.216. The zero-order valence-electron chi connectivity index (χ0n) is 12.5. The van der Waals surface area contributed by atoms with Gasteiger partial charge in [0.2, 0.25) is 0 Å². The Kier molecular flexibility index (Phi) is 4.87. The van der Waals surface area contributed by atoms with Crippen LogP contribution in [0.25, 0.3) is 0 Å². The molecule has 0 bridgehead atoms. The summed E-state index contributed by atoms with van der Waals surface area (Å²) in [6, 6.07) is 4.17. The number of amides is 1. The van der Waals surface area contributed by atoms with Crippen molar-refractivity contribution in [3.05, 3.63) is 53.1 Å². The summed E-state index contributed by atoms with van der Waals surface area (Å²) < 4.78 is 5.44. The number of rotatable bonds is 5. The van der Waals surface area contributed by atoms with Crippen LogP contribution in [0.15, 0.2) is 30.7 Å². The molecule has 0 spiro atoms. The SMILES string of the molecule is COc1c(C)cc(C)cc1CCNC(=O)c1cnccn1. The Morgan fingerprint density at radius 1 is 1.29 bits per heavy atom. The van der Waals surface area contributed by atoms with Gasteiger partial charge in [-0.25, -0.2) is 4.98 Å². The van der Waals surface area contributed by atoms with Crippen molar-refractivity contribution in [1.82, 2.24) is 15.3 Å². The van der Waals surface area contributed by atoms with Gasteiger partial charge in [-0.05, 0) is 31.4 Å². The van der Waals surface area contributed by atoms with E-state index in [1.807, 2.05) is 13.8 Å². The molecule has 1 heterocycles. The second kappa shape index (κ2) is 6.83. The molecule has 0 fully saturated rings. The third-order valence-corrected chi connectivity index (χ3v) is 3.18. The van der Waals surface area contributed by atoms with Crippen LogP contribution in [0.3, 0.4) is 0 Å². The molecule has 0 radical (unpaired) electrons. The molecular formula is C16H19N3O2. The molecule has 2 rings (SSSR count). The first-order valence-electron chi connectivity index (χ1n) is 6.80. The van der Waals surface area contributed by atoms with Crippen LogP contribution < -0.4 is 10.1 Å². The maximum atomic E-state index is 11.9. The van der Waals surface area contributed by atoms with Crippen LogP contribution in [0.5, 0.6) is 5.75 Å². The molecule has 0 aliphatic rings. The number of nitrogens with zero attached hydrogens (tertiary/aromatic N) is 2. The molecule has 1 N–H and O–H groups in total. The molecule has 0 unspecified atom stereocenters. The average Bonchev–Trinajstić information content (AvgIpc) is 2.47. The lowest BCUT2D eigenvalue weighted by atomic mass is 10.0. The van der Waals surface area contributed by atoms with E-state index < -0.39 is 0 Å². The van der Waals surface area contributed by atoms with Gasteiger partial charge in [-0.1, -0.05) is 17.7 Å². The lowest BCUT2D eigenvalue weighted by Crippen LogP contribution is -2.26. The Hall–Kier alpha value is -2.43. The topological polar surface area (TPSA) is 64.1 Å². The van der Waals surface area contributed by atoms with Gasteiger partial charge in [0, 0.05) is 18.9 Å². The van der Waals surface area contributed by atoms with Crippen molar-refractivity contribution in [2.45, 2.75) is 20.3 Å². The zero-order chi connectivity index (χ0) is 15.2. The third kappa shape index (κ3) is 3.78. The fourth-order valence-electron chi connectivity index (χ4n) is 2.34. The van der Waals surface area contributed by atoms with Crippen molar-refractivity contribution in [3.8, 4) is 5.75 Å². The molecule has 2 aromatic rings. The lowest BCUT2D eigenvalue weighted by Gasteiger charge is -2.13. The largest absolute Gasteiger partial charge is 0.496 e. The minimum atomic E-state index is -0.216. The lowest BCUT2D eigenvalue weighted by molar-refractivity contribution is 0.0948. The van der Waals surface area contributed by atoms with Gasteiger partial charge in [0.25, 0.3) is 5.91 Å². The molecular weight excluding hydrogens is 266 g/mol. The Morgan fingerprint density at radius 2 is 2.10 bits per heavy atom. The van der Waals surface area contributed by atoms with Gasteiger partial charge >= 0.3 is 0 Å². The fourth-order valence-corrected chi connectivity index (χ4v) is 2.34. The molecule has 0 aliphatic heterocycles. The molecule has 5 heteroatoms. The van der Waals surface area contributed by atoms with E-state index in [1.54, 1.807) is 7.11 Å². The van der Waals surface area contributed by atoms with E-state index in [4.69, 9.17) is 4.74 Å². The summed E-state index contributed by atoms with van der Waals surface area (Å²) in [4.78, 5) is 19.7. The first-order chi connectivity index (χ1) is 10.1. The van der Waals surface area contributed by atoms with Crippen LogP contribution in [-0.4, -0.2) is 29.5 Å². The highest BCUT2D eigenvalue weighted by molar-refractivity contribution is 5.91. The van der Waals surface area contributed by atoms with E-state index >= 15 is 0 Å². The Labute approximate surface area is 124 Å². The van der Waals surface area contributed by atoms with Gasteiger partial charge in [0.05, 0.1) is 13.3 Å². The monoisotopic (exact) mass is 285 g/mol. The standard InChI is InChI=1S/C16H19N3O2/c1-11-8-12(2)15(21-3)13(9-11)4-5-19-16(20)14-10-17-6-7-18-14/h6-10H,4-5H2,1-3H3,(H,19,20). The van der Waals surface area contributed by atoms with Crippen LogP contribution in [0.2, 0.25) is 0 Å². The van der Waals surface area contributed by atoms with E-state index in [1.165, 1.54) is 24.2 Å². The minimum Gasteiger partial charge on any atom is -0.496 e. The number of carbonyl (C=O) groups is 1. The molecule has 5 nitrogen and oxygen atoms in total. The molecule has 1 aromatic carbocycles. The third-order valence-electron chi connectivity index (χ3n) is 3.18. The van der Waals surface area contributed by atoms with Crippen LogP contribution in [-0.2, 0) is 6.42 Å². The van der Waals surface area contributed by atoms with Crippen LogP contribution >= 0.6 is 0 Å². The molecule has 110 valence electrons. The normalized spacial score (nSPS) is 10.2. The number of hydrogen-bond donors (Lipinski definition) is 1. The molecule has 21 heavy (non-hydrogen) atoms. The summed E-state index contributed by atoms with van der Waals surface area (Å²) in [6.07, 6.45) is 5.20. The summed E-state index contributed by atoms with van der Waals surface area (Å²) in [6.45, 7) is 4.59. The molecule has 0 aliphatic carbocycles. The number of aryl methyl sites for hydroxylation is 2. The quantitative estimate of drug-likeness (QED) is 0.913. The fraction of sp³-hybridized carbons (Fsp3) is 0.312. The van der Waals surface area contributed by atoms with Crippen molar-refractivity contribution >= 4 is 5.91 Å². The van der Waals surface area contributed by atoms with Gasteiger partial charge in [-0.2, -0.15) is 0 Å². The molecule has 1 amide bonds. The average molecular weight is 285 g/mol. The van der Waals surface area contributed by atoms with Crippen molar-refractivity contribution in [3.63, 3.8) is 0 Å². The number of nitrogens with one attached hydrogen (secondary N) is 1. The summed E-state index contributed by atoms with van der Waals surface area (Å²) in [5.41, 5.74) is 3.70. The summed E-state index contributed by atoms with van der Waals surface area (Å²) in [5.74, 6) is 0.667. The van der Waals surface area contributed by atoms with E-state index in [-0.39, 0.29) is 5.91 Å². The zero-order valence-corrected chi connectivity index (χ0v) is 12.5. The summed E-state index contributed by atoms with van der Waals surface area (Å²) in [5, 5.41) is 2.84. The van der Waals surface area contributed by atoms with Gasteiger partial charge in [0.15, 0.2) is 0 Å². The molecule has 0 saturated carbocycles. The number of methoxy groups -OCH3 is 1. The number of hydrogen-bond acceptors (Lipinski definition) is 4. The van der Waals surface area contributed by atoms with Crippen molar-refractivity contribution in [2.24, 2.45) is 0 Å². The van der Waals surface area contributed by atoms with Crippen LogP contribution in [0.1, 0.15) is 27.2 Å². The Bertz CT molecular complexity index is 627. The number of ether oxygens (including phenoxy) is 1. The van der Waals surface area contributed by atoms with E-state index in [0.717, 1.165) is 16.9 Å². The van der Waals surface area contributed by atoms with Crippen molar-refractivity contribution in [1.29, 1.82) is 0 Å². The van der Waals surface area contributed by atoms with Gasteiger partial charge in [-0.15, -0.1) is 0 Å². The molecule has 0 atom stereocenters. The smallest absolute Gasteiger partial charge is 0.271 e. The molecule has 1 aromatic heterocycles. The first-order valence-corrected chi connectivity index (χ1v) is 6.80. The second-order valence-electron chi connectivity index (χ2n) is 4.87. The van der Waals surface area contributed by atoms with E-state index in [9.17, 15) is 4.79 Å². The Balaban J connectivity index is 1.99. The maximum Gasteiger partial charge on any atom is 0.271 e. The highest BCUT2D eigenvalue weighted by Gasteiger charge is 2.09. The number of benzene rings is 1. The summed E-state index contributed by atoms with van der Waals surface area (Å²) in [7, 11) is 1.67. The number of aromatic nitrogens is 2. The van der Waals surface area contributed by atoms with Crippen molar-refractivity contribution in [2.75, 3.05) is 13.7 Å². The van der Waals surface area contributed by atoms with Crippen LogP contribution in [0, 0.1) is 13.8 Å². The van der Waals surface area contributed by atoms with Gasteiger partial charge in [-0.3, -0.25) is 9.78 Å². The molecule has 0 saturated heterocycles. The maximum absolute atomic E-state index is 11.9.